The lowest BCUT2D eigenvalue weighted by Crippen LogP contribution is -2.48. The molecule has 3 aromatic rings. The molecule has 1 aliphatic heterocycles. The molecular weight excluding hydrogens is 480 g/mol. The number of nitrogens with zero attached hydrogens (tertiary/aromatic N) is 4. The molecule has 5 N–H and O–H groups in total. The summed E-state index contributed by atoms with van der Waals surface area (Å²) in [5.74, 6) is -1.91. The van der Waals surface area contributed by atoms with Crippen LogP contribution in [0.15, 0.2) is 36.4 Å². The Morgan fingerprint density at radius 3 is 2.62 bits per heavy atom. The smallest absolute Gasteiger partial charge is 0.303 e. The average molecular weight is 509 g/mol. The third-order valence-electron chi connectivity index (χ3n) is 6.13. The predicted octanol–water partition coefficient (Wildman–Crippen LogP) is 1.09. The third-order valence-corrected chi connectivity index (χ3v) is 6.13. The summed E-state index contributed by atoms with van der Waals surface area (Å²) < 4.78 is 0. The highest BCUT2D eigenvalue weighted by Crippen LogP contribution is 2.34. The van der Waals surface area contributed by atoms with Crippen molar-refractivity contribution in [2.75, 3.05) is 4.90 Å². The van der Waals surface area contributed by atoms with Gasteiger partial charge in [0.1, 0.15) is 11.7 Å². The first kappa shape index (κ1) is 25.5. The van der Waals surface area contributed by atoms with Gasteiger partial charge in [0.2, 0.25) is 11.8 Å². The molecule has 13 heteroatoms. The maximum Gasteiger partial charge on any atom is 0.303 e. The molecule has 0 saturated carbocycles. The van der Waals surface area contributed by atoms with Crippen molar-refractivity contribution in [1.29, 1.82) is 0 Å². The molecule has 0 radical (unpaired) electrons. The van der Waals surface area contributed by atoms with Crippen LogP contribution in [0.4, 0.5) is 5.69 Å². The standard InChI is InChI=1S/C24H28N8O5/c1-13(2)22(27-20(33)9-10-21(34)35)15-7-8-16(26-15)24(37)32-17-6-4-3-5-14(17)11-18(32)23(36)25-12-19-28-30-31-29-19/h3-8,13,18,22,26H,9-12H2,1-2H3,(H,25,36)(H,27,33)(H,34,35)(H,28,29,30,31)/t18-,22-/m0/s1. The molecule has 194 valence electrons. The minimum atomic E-state index is -1.05. The van der Waals surface area contributed by atoms with E-state index in [1.54, 1.807) is 24.3 Å². The maximum atomic E-state index is 13.7. The molecule has 2 aromatic heterocycles. The summed E-state index contributed by atoms with van der Waals surface area (Å²) in [4.78, 5) is 54.4. The molecule has 1 aliphatic rings. The van der Waals surface area contributed by atoms with Crippen LogP contribution >= 0.6 is 0 Å². The summed E-state index contributed by atoms with van der Waals surface area (Å²) >= 11 is 0. The highest BCUT2D eigenvalue weighted by molar-refractivity contribution is 6.10. The van der Waals surface area contributed by atoms with E-state index in [4.69, 9.17) is 5.11 Å². The molecule has 37 heavy (non-hydrogen) atoms. The number of hydrogen-bond acceptors (Lipinski definition) is 7. The van der Waals surface area contributed by atoms with Gasteiger partial charge >= 0.3 is 5.97 Å². The Kier molecular flexibility index (Phi) is 7.60. The molecule has 1 aromatic carbocycles. The molecule has 3 amide bonds. The van der Waals surface area contributed by atoms with Crippen LogP contribution in [0.3, 0.4) is 0 Å². The Hall–Kier alpha value is -4.55. The highest BCUT2D eigenvalue weighted by atomic mass is 16.4. The lowest BCUT2D eigenvalue weighted by Gasteiger charge is -2.25. The van der Waals surface area contributed by atoms with Gasteiger partial charge in [-0.25, -0.2) is 0 Å². The van der Waals surface area contributed by atoms with Gasteiger partial charge in [0.05, 0.1) is 19.0 Å². The number of aromatic nitrogens is 5. The molecule has 0 bridgehead atoms. The van der Waals surface area contributed by atoms with Crippen molar-refractivity contribution in [3.63, 3.8) is 0 Å². The van der Waals surface area contributed by atoms with Crippen LogP contribution in [0.2, 0.25) is 0 Å². The highest BCUT2D eigenvalue weighted by Gasteiger charge is 2.39. The van der Waals surface area contributed by atoms with Gasteiger partial charge in [0.25, 0.3) is 5.91 Å². The Bertz CT molecular complexity index is 1290. The number of nitrogens with one attached hydrogen (secondary N) is 4. The molecular formula is C24H28N8O5. The van der Waals surface area contributed by atoms with Crippen LogP contribution in [0.25, 0.3) is 0 Å². The number of tetrazole rings is 1. The number of carbonyl (C=O) groups excluding carboxylic acids is 3. The van der Waals surface area contributed by atoms with Gasteiger partial charge in [-0.15, -0.1) is 10.2 Å². The van der Waals surface area contributed by atoms with Crippen molar-refractivity contribution < 1.29 is 24.3 Å². The van der Waals surface area contributed by atoms with Crippen LogP contribution in [-0.2, 0) is 27.3 Å². The van der Waals surface area contributed by atoms with E-state index >= 15 is 0 Å². The largest absolute Gasteiger partial charge is 0.481 e. The fourth-order valence-electron chi connectivity index (χ4n) is 4.31. The van der Waals surface area contributed by atoms with E-state index in [2.05, 4.69) is 36.2 Å². The molecule has 0 spiro atoms. The number of benzene rings is 1. The van der Waals surface area contributed by atoms with Gasteiger partial charge in [0.15, 0.2) is 5.82 Å². The van der Waals surface area contributed by atoms with Gasteiger partial charge in [-0.3, -0.25) is 24.1 Å². The van der Waals surface area contributed by atoms with E-state index in [9.17, 15) is 19.2 Å². The van der Waals surface area contributed by atoms with Gasteiger partial charge in [-0.1, -0.05) is 37.3 Å². The van der Waals surface area contributed by atoms with Crippen molar-refractivity contribution in [1.82, 2.24) is 36.2 Å². The van der Waals surface area contributed by atoms with E-state index < -0.39 is 29.9 Å². The number of amides is 3. The topological polar surface area (TPSA) is 186 Å². The van der Waals surface area contributed by atoms with Crippen LogP contribution in [0.1, 0.15) is 60.3 Å². The lowest BCUT2D eigenvalue weighted by atomic mass is 10.0. The summed E-state index contributed by atoms with van der Waals surface area (Å²) in [6.07, 6.45) is -0.0618. The first-order valence-electron chi connectivity index (χ1n) is 11.9. The zero-order valence-corrected chi connectivity index (χ0v) is 20.4. The van der Waals surface area contributed by atoms with Gasteiger partial charge in [-0.2, -0.15) is 5.21 Å². The van der Waals surface area contributed by atoms with Crippen LogP contribution in [0, 0.1) is 5.92 Å². The molecule has 0 fully saturated rings. The number of aliphatic carboxylic acids is 1. The zero-order chi connectivity index (χ0) is 26.5. The number of carboxylic acid groups (broad SMARTS) is 1. The number of fused-ring (bicyclic) bond motifs is 1. The summed E-state index contributed by atoms with van der Waals surface area (Å²) in [6, 6.07) is 9.43. The monoisotopic (exact) mass is 508 g/mol. The average Bonchev–Trinajstić information content (AvgIpc) is 3.63. The number of rotatable bonds is 10. The summed E-state index contributed by atoms with van der Waals surface area (Å²) in [5, 5.41) is 27.9. The first-order chi connectivity index (χ1) is 17.7. The van der Waals surface area contributed by atoms with E-state index in [1.807, 2.05) is 26.0 Å². The van der Waals surface area contributed by atoms with Crippen molar-refractivity contribution in [3.05, 3.63) is 59.2 Å². The van der Waals surface area contributed by atoms with Crippen LogP contribution in [0.5, 0.6) is 0 Å². The van der Waals surface area contributed by atoms with E-state index in [1.165, 1.54) is 4.90 Å². The van der Waals surface area contributed by atoms with Crippen molar-refractivity contribution >= 4 is 29.4 Å². The second-order valence-electron chi connectivity index (χ2n) is 9.08. The first-order valence-corrected chi connectivity index (χ1v) is 11.9. The number of H-pyrrole nitrogens is 2. The number of aromatic amines is 2. The molecule has 4 rings (SSSR count). The van der Waals surface area contributed by atoms with E-state index in [0.29, 0.717) is 23.6 Å². The Labute approximate surface area is 212 Å². The zero-order valence-electron chi connectivity index (χ0n) is 20.4. The molecule has 3 heterocycles. The third kappa shape index (κ3) is 5.82. The van der Waals surface area contributed by atoms with Gasteiger partial charge in [-0.05, 0) is 29.7 Å². The number of anilines is 1. The minimum absolute atomic E-state index is 0.0356. The van der Waals surface area contributed by atoms with Crippen molar-refractivity contribution in [2.45, 2.75) is 51.7 Å². The molecule has 0 unspecified atom stereocenters. The maximum absolute atomic E-state index is 13.7. The SMILES string of the molecule is CC(C)[C@H](NC(=O)CCC(=O)O)c1ccc(C(=O)N2c3ccccc3C[C@H]2C(=O)NCc2nn[nH]n2)[nH]1. The molecule has 0 saturated heterocycles. The Morgan fingerprint density at radius 1 is 1.14 bits per heavy atom. The normalized spacial score (nSPS) is 15.3. The lowest BCUT2D eigenvalue weighted by molar-refractivity contribution is -0.139. The Balaban J connectivity index is 1.53. The van der Waals surface area contributed by atoms with Crippen LogP contribution < -0.4 is 15.5 Å². The number of hydrogen-bond donors (Lipinski definition) is 5. The Morgan fingerprint density at radius 2 is 1.92 bits per heavy atom. The quantitative estimate of drug-likeness (QED) is 0.269. The fourth-order valence-corrected chi connectivity index (χ4v) is 4.31. The second kappa shape index (κ2) is 11.0. The van der Waals surface area contributed by atoms with E-state index in [0.717, 1.165) is 5.56 Å². The summed E-state index contributed by atoms with van der Waals surface area (Å²) in [6.45, 7) is 3.88. The van der Waals surface area contributed by atoms with Gasteiger partial charge < -0.3 is 20.7 Å². The molecule has 13 nitrogen and oxygen atoms in total. The fraction of sp³-hybridized carbons (Fsp3) is 0.375. The summed E-state index contributed by atoms with van der Waals surface area (Å²) in [5.41, 5.74) is 2.37. The molecule has 0 aliphatic carbocycles. The number of carbonyl (C=O) groups is 4. The predicted molar refractivity (Wildman–Crippen MR) is 130 cm³/mol. The molecule has 2 atom stereocenters. The van der Waals surface area contributed by atoms with E-state index in [-0.39, 0.29) is 36.9 Å². The summed E-state index contributed by atoms with van der Waals surface area (Å²) in [7, 11) is 0. The minimum Gasteiger partial charge on any atom is -0.481 e. The van der Waals surface area contributed by atoms with Crippen LogP contribution in [-0.4, -0.2) is 60.4 Å². The number of carboxylic acids is 1. The van der Waals surface area contributed by atoms with Crippen molar-refractivity contribution in [3.8, 4) is 0 Å². The number of para-hydroxylation sites is 1. The second-order valence-corrected chi connectivity index (χ2v) is 9.08. The van der Waals surface area contributed by atoms with Crippen molar-refractivity contribution in [2.24, 2.45) is 5.92 Å². The van der Waals surface area contributed by atoms with Gasteiger partial charge in [0, 0.05) is 24.2 Å².